The predicted octanol–water partition coefficient (Wildman–Crippen LogP) is 3.01. The Bertz CT molecular complexity index is 895. The SMILES string of the molecule is O=S(=O)(Nc1nnc(C2CCNCC2)o1)c1cc(C(F)(F)F)ccc1Cl. The molecule has 1 aromatic heterocycles. The second kappa shape index (κ2) is 7.05. The standard InChI is InChI=1S/C14H14ClF3N4O3S/c15-10-2-1-9(14(16,17)18)7-11(10)26(23,24)22-13-21-20-12(25-13)8-3-5-19-6-4-8/h1-2,7-8,19H,3-6H2,(H,21,22). The molecule has 0 atom stereocenters. The molecule has 2 N–H and O–H groups in total. The molecule has 7 nitrogen and oxygen atoms in total. The van der Waals surface area contributed by atoms with Gasteiger partial charge in [-0.15, -0.1) is 5.10 Å². The lowest BCUT2D eigenvalue weighted by Crippen LogP contribution is -2.26. The third-order valence-electron chi connectivity index (χ3n) is 3.90. The van der Waals surface area contributed by atoms with Crippen LogP contribution in [0.4, 0.5) is 19.2 Å². The maximum absolute atomic E-state index is 12.8. The Hall–Kier alpha value is -1.85. The third-order valence-corrected chi connectivity index (χ3v) is 5.70. The van der Waals surface area contributed by atoms with Crippen LogP contribution in [-0.4, -0.2) is 31.7 Å². The number of hydrogen-bond donors (Lipinski definition) is 2. The highest BCUT2D eigenvalue weighted by Crippen LogP contribution is 2.34. The number of halogens is 4. The Morgan fingerprint density at radius 1 is 1.23 bits per heavy atom. The molecule has 0 aliphatic carbocycles. The highest BCUT2D eigenvalue weighted by atomic mass is 35.5. The first kappa shape index (κ1) is 18.9. The highest BCUT2D eigenvalue weighted by Gasteiger charge is 2.33. The fourth-order valence-electron chi connectivity index (χ4n) is 2.57. The zero-order chi connectivity index (χ0) is 18.9. The Morgan fingerprint density at radius 3 is 2.58 bits per heavy atom. The molecule has 0 spiro atoms. The van der Waals surface area contributed by atoms with Gasteiger partial charge in [0, 0.05) is 5.92 Å². The maximum Gasteiger partial charge on any atom is 0.416 e. The third kappa shape index (κ3) is 4.10. The predicted molar refractivity (Wildman–Crippen MR) is 86.4 cm³/mol. The minimum Gasteiger partial charge on any atom is -0.407 e. The molecular formula is C14H14ClF3N4O3S. The van der Waals surface area contributed by atoms with Crippen LogP contribution in [0.2, 0.25) is 5.02 Å². The smallest absolute Gasteiger partial charge is 0.407 e. The molecule has 0 radical (unpaired) electrons. The Balaban J connectivity index is 1.84. The Labute approximate surface area is 152 Å². The summed E-state index contributed by atoms with van der Waals surface area (Å²) in [6, 6.07) is 1.60. The summed E-state index contributed by atoms with van der Waals surface area (Å²) in [5.74, 6) is 0.276. The highest BCUT2D eigenvalue weighted by molar-refractivity contribution is 7.92. The molecular weight excluding hydrogens is 397 g/mol. The van der Waals surface area contributed by atoms with Crippen LogP contribution in [0.15, 0.2) is 27.5 Å². The van der Waals surface area contributed by atoms with Crippen molar-refractivity contribution in [3.8, 4) is 0 Å². The van der Waals surface area contributed by atoms with Crippen molar-refractivity contribution in [1.29, 1.82) is 0 Å². The molecule has 0 amide bonds. The normalized spacial score (nSPS) is 16.6. The Morgan fingerprint density at radius 2 is 1.92 bits per heavy atom. The van der Waals surface area contributed by atoms with Crippen molar-refractivity contribution >= 4 is 27.6 Å². The average molecular weight is 411 g/mol. The van der Waals surface area contributed by atoms with E-state index in [1.54, 1.807) is 0 Å². The second-order valence-corrected chi connectivity index (χ2v) is 7.78. The van der Waals surface area contributed by atoms with E-state index in [-0.39, 0.29) is 16.8 Å². The van der Waals surface area contributed by atoms with Gasteiger partial charge in [-0.25, -0.2) is 13.1 Å². The molecule has 1 aliphatic rings. The molecule has 26 heavy (non-hydrogen) atoms. The van der Waals surface area contributed by atoms with Gasteiger partial charge in [0.05, 0.1) is 10.6 Å². The van der Waals surface area contributed by atoms with Gasteiger partial charge in [0.1, 0.15) is 4.90 Å². The molecule has 1 fully saturated rings. The first-order valence-corrected chi connectivity index (χ1v) is 9.46. The van der Waals surface area contributed by atoms with E-state index in [4.69, 9.17) is 16.0 Å². The molecule has 1 saturated heterocycles. The zero-order valence-electron chi connectivity index (χ0n) is 13.2. The van der Waals surface area contributed by atoms with E-state index in [0.717, 1.165) is 32.0 Å². The van der Waals surface area contributed by atoms with E-state index in [1.807, 2.05) is 4.72 Å². The van der Waals surface area contributed by atoms with Crippen molar-refractivity contribution in [2.75, 3.05) is 17.8 Å². The number of benzene rings is 1. The molecule has 1 aliphatic heterocycles. The largest absolute Gasteiger partial charge is 0.416 e. The van der Waals surface area contributed by atoms with Crippen molar-refractivity contribution < 1.29 is 26.0 Å². The molecule has 0 bridgehead atoms. The van der Waals surface area contributed by atoms with Crippen LogP contribution < -0.4 is 10.0 Å². The fraction of sp³-hybridized carbons (Fsp3) is 0.429. The molecule has 12 heteroatoms. The number of piperidine rings is 1. The summed E-state index contributed by atoms with van der Waals surface area (Å²) in [6.45, 7) is 1.54. The average Bonchev–Trinajstić information content (AvgIpc) is 3.02. The number of rotatable bonds is 4. The molecule has 0 unspecified atom stereocenters. The minimum atomic E-state index is -4.71. The van der Waals surface area contributed by atoms with Crippen LogP contribution in [0, 0.1) is 0 Å². The van der Waals surface area contributed by atoms with Crippen molar-refractivity contribution in [1.82, 2.24) is 15.5 Å². The first-order valence-electron chi connectivity index (χ1n) is 7.60. The van der Waals surface area contributed by atoms with E-state index in [2.05, 4.69) is 15.5 Å². The van der Waals surface area contributed by atoms with Crippen molar-refractivity contribution in [2.45, 2.75) is 29.8 Å². The molecule has 1 aromatic carbocycles. The second-order valence-electron chi connectivity index (χ2n) is 5.72. The van der Waals surface area contributed by atoms with Crippen molar-refractivity contribution in [3.63, 3.8) is 0 Å². The summed E-state index contributed by atoms with van der Waals surface area (Å²) in [6.07, 6.45) is -3.19. The molecule has 2 aromatic rings. The van der Waals surface area contributed by atoms with Gasteiger partial charge < -0.3 is 9.73 Å². The summed E-state index contributed by atoms with van der Waals surface area (Å²) in [4.78, 5) is -0.726. The summed E-state index contributed by atoms with van der Waals surface area (Å²) >= 11 is 5.76. The molecule has 0 saturated carbocycles. The summed E-state index contributed by atoms with van der Waals surface area (Å²) < 4.78 is 70.5. The molecule has 2 heterocycles. The van der Waals surface area contributed by atoms with Gasteiger partial charge in [0.2, 0.25) is 5.89 Å². The van der Waals surface area contributed by atoms with E-state index >= 15 is 0 Å². The number of hydrogen-bond acceptors (Lipinski definition) is 6. The van der Waals surface area contributed by atoms with E-state index < -0.39 is 32.7 Å². The number of sulfonamides is 1. The lowest BCUT2D eigenvalue weighted by molar-refractivity contribution is -0.137. The van der Waals surface area contributed by atoms with Gasteiger partial charge in [-0.3, -0.25) is 0 Å². The number of aromatic nitrogens is 2. The van der Waals surface area contributed by atoms with Crippen LogP contribution in [-0.2, 0) is 16.2 Å². The van der Waals surface area contributed by atoms with Crippen molar-refractivity contribution in [2.24, 2.45) is 0 Å². The van der Waals surface area contributed by atoms with Crippen LogP contribution in [0.25, 0.3) is 0 Å². The van der Waals surface area contributed by atoms with Crippen LogP contribution >= 0.6 is 11.6 Å². The number of nitrogens with one attached hydrogen (secondary N) is 2. The van der Waals surface area contributed by atoms with Gasteiger partial charge >= 0.3 is 12.2 Å². The molecule has 142 valence electrons. The lowest BCUT2D eigenvalue weighted by Gasteiger charge is -2.18. The van der Waals surface area contributed by atoms with Crippen LogP contribution in [0.3, 0.4) is 0 Å². The van der Waals surface area contributed by atoms with E-state index in [0.29, 0.717) is 12.1 Å². The van der Waals surface area contributed by atoms with Gasteiger partial charge in [0.15, 0.2) is 0 Å². The Kier molecular flexibility index (Phi) is 5.13. The monoisotopic (exact) mass is 410 g/mol. The topological polar surface area (TPSA) is 97.1 Å². The van der Waals surface area contributed by atoms with Gasteiger partial charge in [-0.2, -0.15) is 13.2 Å². The van der Waals surface area contributed by atoms with Gasteiger partial charge in [0.25, 0.3) is 10.0 Å². The number of nitrogens with zero attached hydrogens (tertiary/aromatic N) is 2. The van der Waals surface area contributed by atoms with E-state index in [9.17, 15) is 21.6 Å². The number of alkyl halides is 3. The van der Waals surface area contributed by atoms with Gasteiger partial charge in [-0.1, -0.05) is 16.7 Å². The first-order chi connectivity index (χ1) is 12.2. The quantitative estimate of drug-likeness (QED) is 0.804. The maximum atomic E-state index is 12.8. The van der Waals surface area contributed by atoms with Crippen LogP contribution in [0.5, 0.6) is 0 Å². The zero-order valence-corrected chi connectivity index (χ0v) is 14.7. The number of anilines is 1. The van der Waals surface area contributed by atoms with Crippen LogP contribution in [0.1, 0.15) is 30.2 Å². The summed E-state index contributed by atoms with van der Waals surface area (Å²) in [5.41, 5.74) is -1.14. The van der Waals surface area contributed by atoms with Gasteiger partial charge in [-0.05, 0) is 44.1 Å². The minimum absolute atomic E-state index is 0.000788. The fourth-order valence-corrected chi connectivity index (χ4v) is 4.02. The van der Waals surface area contributed by atoms with Crippen molar-refractivity contribution in [3.05, 3.63) is 34.7 Å². The summed E-state index contributed by atoms with van der Waals surface area (Å²) in [5, 5.41) is 10.2. The lowest BCUT2D eigenvalue weighted by atomic mass is 9.98. The summed E-state index contributed by atoms with van der Waals surface area (Å²) in [7, 11) is -4.43. The molecule has 3 rings (SSSR count). The van der Waals surface area contributed by atoms with E-state index in [1.165, 1.54) is 0 Å².